The highest BCUT2D eigenvalue weighted by molar-refractivity contribution is 14.1. The maximum absolute atomic E-state index is 11.8. The molecule has 0 aliphatic carbocycles. The number of carbonyl (C=O) groups is 2. The molecule has 0 saturated heterocycles. The van der Waals surface area contributed by atoms with Crippen molar-refractivity contribution in [2.75, 3.05) is 11.1 Å². The van der Waals surface area contributed by atoms with Gasteiger partial charge in [0.15, 0.2) is 5.75 Å². The van der Waals surface area contributed by atoms with E-state index >= 15 is 0 Å². The lowest BCUT2D eigenvalue weighted by Crippen LogP contribution is -2.29. The van der Waals surface area contributed by atoms with Crippen LogP contribution in [0, 0.1) is 3.57 Å². The molecule has 0 unspecified atom stereocenters. The van der Waals surface area contributed by atoms with Gasteiger partial charge in [-0.2, -0.15) is 8.42 Å². The van der Waals surface area contributed by atoms with E-state index in [-0.39, 0.29) is 5.75 Å². The third-order valence-electron chi connectivity index (χ3n) is 2.92. The number of esters is 1. The molecule has 1 amide bonds. The average molecular weight is 471 g/mol. The minimum absolute atomic E-state index is 0.108. The van der Waals surface area contributed by atoms with Crippen molar-refractivity contribution in [3.8, 4) is 5.75 Å². The summed E-state index contributed by atoms with van der Waals surface area (Å²) in [7, 11) is -4.45. The number of hydrogen-bond donors (Lipinski definition) is 2. The Kier molecular flexibility index (Phi) is 6.98. The van der Waals surface area contributed by atoms with Gasteiger partial charge >= 0.3 is 12.1 Å². The lowest BCUT2D eigenvalue weighted by molar-refractivity contribution is -0.131. The summed E-state index contributed by atoms with van der Waals surface area (Å²) in [5, 5.41) is 2.55. The van der Waals surface area contributed by atoms with Crippen LogP contribution in [0.4, 0.5) is 10.5 Å². The van der Waals surface area contributed by atoms with Gasteiger partial charge in [0.05, 0.1) is 3.57 Å². The van der Waals surface area contributed by atoms with Crippen LogP contribution >= 0.6 is 22.6 Å². The summed E-state index contributed by atoms with van der Waals surface area (Å²) in [4.78, 5) is 23.2. The van der Waals surface area contributed by atoms with E-state index in [2.05, 4.69) is 5.32 Å². The second-order valence-corrected chi connectivity index (χ2v) is 8.09. The van der Waals surface area contributed by atoms with Crippen molar-refractivity contribution in [3.63, 3.8) is 0 Å². The molecule has 0 aliphatic heterocycles. The second kappa shape index (κ2) is 8.12. The van der Waals surface area contributed by atoms with Crippen LogP contribution in [0.15, 0.2) is 18.2 Å². The van der Waals surface area contributed by atoms with E-state index in [0.717, 1.165) is 0 Å². The molecule has 0 radical (unpaired) electrons. The Bertz CT molecular complexity index is 731. The summed E-state index contributed by atoms with van der Waals surface area (Å²) < 4.78 is 40.4. The van der Waals surface area contributed by atoms with Gasteiger partial charge in [0.2, 0.25) is 0 Å². The summed E-state index contributed by atoms with van der Waals surface area (Å²) in [6.07, 6.45) is 0.0365. The molecule has 1 rings (SSSR count). The Hall–Kier alpha value is -1.40. The topological polar surface area (TPSA) is 119 Å². The molecule has 24 heavy (non-hydrogen) atoms. The molecule has 1 aromatic rings. The Morgan fingerprint density at radius 3 is 2.46 bits per heavy atom. The van der Waals surface area contributed by atoms with Crippen molar-refractivity contribution in [2.24, 2.45) is 0 Å². The predicted octanol–water partition coefficient (Wildman–Crippen LogP) is 2.82. The number of rotatable bonds is 6. The van der Waals surface area contributed by atoms with Crippen molar-refractivity contribution >= 4 is 50.5 Å². The van der Waals surface area contributed by atoms with Crippen LogP contribution in [0.5, 0.6) is 5.75 Å². The van der Waals surface area contributed by atoms with Crippen LogP contribution in [0.25, 0.3) is 0 Å². The Morgan fingerprint density at radius 1 is 1.33 bits per heavy atom. The highest BCUT2D eigenvalue weighted by Gasteiger charge is 2.21. The maximum atomic E-state index is 11.8. The van der Waals surface area contributed by atoms with Crippen molar-refractivity contribution in [2.45, 2.75) is 32.8 Å². The lowest BCUT2D eigenvalue weighted by Gasteiger charge is -2.23. The lowest BCUT2D eigenvalue weighted by atomic mass is 10.1. The molecule has 0 aromatic heterocycles. The van der Waals surface area contributed by atoms with Crippen molar-refractivity contribution in [3.05, 3.63) is 21.8 Å². The van der Waals surface area contributed by atoms with Gasteiger partial charge in [0, 0.05) is 5.69 Å². The normalized spacial score (nSPS) is 11.7. The second-order valence-electron chi connectivity index (χ2n) is 5.47. The van der Waals surface area contributed by atoms with Gasteiger partial charge in [-0.25, -0.2) is 4.79 Å². The molecule has 0 fully saturated rings. The number of hydrogen-bond acceptors (Lipinski definition) is 6. The number of amides is 1. The van der Waals surface area contributed by atoms with Crippen molar-refractivity contribution < 1.29 is 32.0 Å². The zero-order valence-corrected chi connectivity index (χ0v) is 16.3. The van der Waals surface area contributed by atoms with E-state index in [1.807, 2.05) is 29.5 Å². The fourth-order valence-corrected chi connectivity index (χ4v) is 2.41. The van der Waals surface area contributed by atoms with Crippen LogP contribution in [0.1, 0.15) is 27.2 Å². The first-order valence-electron chi connectivity index (χ1n) is 6.87. The SMILES string of the molecule is CCC(C)(C)OC(=O)Nc1ccc(OC(=O)CS(=O)(=O)O)c(I)c1. The zero-order valence-electron chi connectivity index (χ0n) is 13.3. The van der Waals surface area contributed by atoms with Gasteiger partial charge in [0.1, 0.15) is 11.4 Å². The number of carbonyl (C=O) groups excluding carboxylic acids is 2. The Morgan fingerprint density at radius 2 is 1.96 bits per heavy atom. The summed E-state index contributed by atoms with van der Waals surface area (Å²) in [5.41, 5.74) is -0.173. The minimum atomic E-state index is -4.45. The predicted molar refractivity (Wildman–Crippen MR) is 95.7 cm³/mol. The van der Waals surface area contributed by atoms with Gasteiger partial charge < -0.3 is 9.47 Å². The van der Waals surface area contributed by atoms with Crippen molar-refractivity contribution in [1.29, 1.82) is 0 Å². The quantitative estimate of drug-likeness (QED) is 0.284. The molecule has 0 spiro atoms. The Labute approximate surface area is 153 Å². The van der Waals surface area contributed by atoms with E-state index in [0.29, 0.717) is 15.7 Å². The first-order valence-corrected chi connectivity index (χ1v) is 9.56. The molecule has 0 bridgehead atoms. The molecule has 10 heteroatoms. The van der Waals surface area contributed by atoms with Crippen LogP contribution < -0.4 is 10.1 Å². The van der Waals surface area contributed by atoms with Gasteiger partial charge in [-0.15, -0.1) is 0 Å². The van der Waals surface area contributed by atoms with E-state index in [1.54, 1.807) is 13.8 Å². The van der Waals surface area contributed by atoms with Gasteiger partial charge in [-0.3, -0.25) is 14.7 Å². The van der Waals surface area contributed by atoms with Gasteiger partial charge in [-0.1, -0.05) is 6.92 Å². The van der Waals surface area contributed by atoms with E-state index in [4.69, 9.17) is 14.0 Å². The average Bonchev–Trinajstić information content (AvgIpc) is 2.39. The van der Waals surface area contributed by atoms with Gasteiger partial charge in [0.25, 0.3) is 10.1 Å². The van der Waals surface area contributed by atoms with Gasteiger partial charge in [-0.05, 0) is 61.1 Å². The third kappa shape index (κ3) is 7.45. The molecule has 0 atom stereocenters. The fraction of sp³-hybridized carbons (Fsp3) is 0.429. The standard InChI is InChI=1S/C14H18INO7S/c1-4-14(2,3)23-13(18)16-9-5-6-11(10(15)7-9)22-12(17)8-24(19,20)21/h5-7H,4,8H2,1-3H3,(H,16,18)(H,19,20,21). The molecule has 1 aromatic carbocycles. The maximum Gasteiger partial charge on any atom is 0.412 e. The molecular weight excluding hydrogens is 453 g/mol. The first-order chi connectivity index (χ1) is 10.9. The molecule has 8 nitrogen and oxygen atoms in total. The first kappa shape index (κ1) is 20.6. The molecule has 134 valence electrons. The highest BCUT2D eigenvalue weighted by Crippen LogP contribution is 2.25. The van der Waals surface area contributed by atoms with Crippen LogP contribution in [-0.4, -0.2) is 36.4 Å². The summed E-state index contributed by atoms with van der Waals surface area (Å²) in [5.74, 6) is -2.14. The molecular formula is C14H18INO7S. The molecule has 0 saturated carbocycles. The number of anilines is 1. The largest absolute Gasteiger partial charge is 0.443 e. The smallest absolute Gasteiger partial charge is 0.412 e. The highest BCUT2D eigenvalue weighted by atomic mass is 127. The number of halogens is 1. The van der Waals surface area contributed by atoms with E-state index in [1.165, 1.54) is 18.2 Å². The minimum Gasteiger partial charge on any atom is -0.443 e. The van der Waals surface area contributed by atoms with Crippen LogP contribution in [0.3, 0.4) is 0 Å². The monoisotopic (exact) mass is 471 g/mol. The number of nitrogens with one attached hydrogen (secondary N) is 1. The summed E-state index contributed by atoms with van der Waals surface area (Å²) in [6, 6.07) is 4.39. The molecule has 0 aliphatic rings. The van der Waals surface area contributed by atoms with E-state index in [9.17, 15) is 18.0 Å². The third-order valence-corrected chi connectivity index (χ3v) is 4.37. The fourth-order valence-electron chi connectivity index (χ4n) is 1.43. The summed E-state index contributed by atoms with van der Waals surface area (Å²) in [6.45, 7) is 5.47. The Balaban J connectivity index is 2.74. The van der Waals surface area contributed by atoms with Crippen molar-refractivity contribution in [1.82, 2.24) is 0 Å². The summed E-state index contributed by atoms with van der Waals surface area (Å²) >= 11 is 1.86. The van der Waals surface area contributed by atoms with Crippen LogP contribution in [-0.2, 0) is 19.6 Å². The zero-order chi connectivity index (χ0) is 18.5. The molecule has 2 N–H and O–H groups in total. The number of benzene rings is 1. The van der Waals surface area contributed by atoms with E-state index < -0.39 is 33.5 Å². The molecule has 0 heterocycles. The van der Waals surface area contributed by atoms with Crippen LogP contribution in [0.2, 0.25) is 0 Å². The number of ether oxygens (including phenoxy) is 2.